The molecule has 39 heavy (non-hydrogen) atoms. The number of hydrogen-bond donors (Lipinski definition) is 1. The van der Waals surface area contributed by atoms with Gasteiger partial charge in [-0.05, 0) is 69.0 Å². The highest BCUT2D eigenvalue weighted by atomic mass is 16.5. The van der Waals surface area contributed by atoms with E-state index in [1.54, 1.807) is 25.4 Å². The molecule has 0 unspecified atom stereocenters. The fraction of sp³-hybridized carbons (Fsp3) is 0.182. The van der Waals surface area contributed by atoms with Crippen molar-refractivity contribution in [2.24, 2.45) is 0 Å². The lowest BCUT2D eigenvalue weighted by Crippen LogP contribution is -2.19. The highest BCUT2D eigenvalue weighted by molar-refractivity contribution is 5.91. The van der Waals surface area contributed by atoms with Gasteiger partial charge >= 0.3 is 0 Å². The highest BCUT2D eigenvalue weighted by Crippen LogP contribution is 2.33. The molecule has 3 heterocycles. The maximum atomic E-state index is 14.1. The van der Waals surface area contributed by atoms with E-state index < -0.39 is 0 Å². The van der Waals surface area contributed by atoms with Crippen LogP contribution < -0.4 is 10.3 Å². The topological polar surface area (TPSA) is 72.3 Å². The van der Waals surface area contributed by atoms with Gasteiger partial charge in [-0.15, -0.1) is 0 Å². The van der Waals surface area contributed by atoms with Crippen molar-refractivity contribution >= 4 is 17.3 Å². The fourth-order valence-corrected chi connectivity index (χ4v) is 4.49. The summed E-state index contributed by atoms with van der Waals surface area (Å²) in [5.41, 5.74) is 8.99. The number of H-pyrrole nitrogens is 1. The molecule has 0 atom stereocenters. The molecular weight excluding hydrogens is 484 g/mol. The molecule has 4 aromatic rings. The van der Waals surface area contributed by atoms with Gasteiger partial charge in [-0.25, -0.2) is 9.97 Å². The van der Waals surface area contributed by atoms with Crippen LogP contribution in [0.2, 0.25) is 0 Å². The van der Waals surface area contributed by atoms with Crippen molar-refractivity contribution in [2.45, 2.75) is 34.6 Å². The van der Waals surface area contributed by atoms with Crippen LogP contribution in [-0.4, -0.2) is 26.7 Å². The number of hydrogen-bond acceptors (Lipinski definition) is 4. The van der Waals surface area contributed by atoms with E-state index in [0.29, 0.717) is 22.8 Å². The van der Waals surface area contributed by atoms with E-state index in [1.807, 2.05) is 62.4 Å². The molecule has 0 saturated carbocycles. The maximum absolute atomic E-state index is 14.1. The minimum atomic E-state index is -0.173. The molecule has 0 radical (unpaired) electrons. The zero-order chi connectivity index (χ0) is 28.1. The van der Waals surface area contributed by atoms with Gasteiger partial charge in [0, 0.05) is 17.8 Å². The van der Waals surface area contributed by atoms with Gasteiger partial charge in [0.05, 0.1) is 29.6 Å². The smallest absolute Gasteiger partial charge is 0.280 e. The molecule has 0 saturated heterocycles. The maximum Gasteiger partial charge on any atom is 0.280 e. The Balaban J connectivity index is 2.00. The molecule has 6 nitrogen and oxygen atoms in total. The number of aromatic nitrogens is 4. The molecule has 0 aliphatic carbocycles. The number of aromatic amines is 1. The Hall–Kier alpha value is -4.71. The van der Waals surface area contributed by atoms with Crippen LogP contribution >= 0.6 is 0 Å². The van der Waals surface area contributed by atoms with Crippen molar-refractivity contribution in [1.29, 1.82) is 0 Å². The van der Waals surface area contributed by atoms with Crippen LogP contribution in [0.1, 0.15) is 43.2 Å². The monoisotopic (exact) mass is 518 g/mol. The van der Waals surface area contributed by atoms with Gasteiger partial charge in [-0.3, -0.25) is 9.89 Å². The number of nitrogens with one attached hydrogen (secondary N) is 1. The van der Waals surface area contributed by atoms with Gasteiger partial charge in [0.2, 0.25) is 5.88 Å². The fourth-order valence-electron chi connectivity index (χ4n) is 4.49. The van der Waals surface area contributed by atoms with Crippen LogP contribution in [0.4, 0.5) is 0 Å². The third-order valence-corrected chi connectivity index (χ3v) is 6.40. The van der Waals surface area contributed by atoms with E-state index in [4.69, 9.17) is 9.72 Å². The van der Waals surface area contributed by atoms with Crippen LogP contribution in [0.3, 0.4) is 0 Å². The number of fused-ring (bicyclic) bond motifs is 1. The van der Waals surface area contributed by atoms with E-state index >= 15 is 0 Å². The molecule has 1 aromatic carbocycles. The zero-order valence-corrected chi connectivity index (χ0v) is 23.4. The van der Waals surface area contributed by atoms with Gasteiger partial charge in [-0.2, -0.15) is 4.52 Å². The van der Waals surface area contributed by atoms with Crippen molar-refractivity contribution in [1.82, 2.24) is 19.6 Å². The molecule has 3 aromatic heterocycles. The Kier molecular flexibility index (Phi) is 8.25. The minimum absolute atomic E-state index is 0.173. The molecule has 0 bridgehead atoms. The van der Waals surface area contributed by atoms with Gasteiger partial charge in [0.25, 0.3) is 5.56 Å². The van der Waals surface area contributed by atoms with Crippen LogP contribution in [-0.2, 0) is 0 Å². The Morgan fingerprint density at radius 1 is 1.10 bits per heavy atom. The molecule has 0 spiro atoms. The SMILES string of the molecule is C=C/C=C(\C=C/C)c1c(-c2ccc(OC)nc2)[nH]n2c(=O)c(-c3ccc(C)c(/C=C\C=C(C)C)c3)c(C)nc12. The molecule has 4 rings (SSSR count). The number of allylic oxidation sites excluding steroid dienone is 8. The largest absolute Gasteiger partial charge is 0.481 e. The molecule has 0 aliphatic rings. The summed E-state index contributed by atoms with van der Waals surface area (Å²) in [7, 11) is 1.58. The van der Waals surface area contributed by atoms with E-state index in [2.05, 4.69) is 49.6 Å². The first-order valence-electron chi connectivity index (χ1n) is 12.8. The van der Waals surface area contributed by atoms with Crippen molar-refractivity contribution in [3.05, 3.63) is 118 Å². The summed E-state index contributed by atoms with van der Waals surface area (Å²) in [5, 5.41) is 3.32. The van der Waals surface area contributed by atoms with Crippen molar-refractivity contribution in [3.8, 4) is 28.3 Å². The van der Waals surface area contributed by atoms with Crippen molar-refractivity contribution in [3.63, 3.8) is 0 Å². The predicted molar refractivity (Wildman–Crippen MR) is 162 cm³/mol. The van der Waals surface area contributed by atoms with E-state index in [-0.39, 0.29) is 5.56 Å². The molecule has 0 aliphatic heterocycles. The first-order chi connectivity index (χ1) is 18.8. The van der Waals surface area contributed by atoms with Crippen LogP contribution in [0.5, 0.6) is 5.88 Å². The van der Waals surface area contributed by atoms with Crippen LogP contribution in [0, 0.1) is 13.8 Å². The number of nitrogens with zero attached hydrogens (tertiary/aromatic N) is 3. The average Bonchev–Trinajstić information content (AvgIpc) is 3.29. The van der Waals surface area contributed by atoms with Gasteiger partial charge in [0.1, 0.15) is 0 Å². The Morgan fingerprint density at radius 3 is 2.51 bits per heavy atom. The molecular formula is C33H34N4O2. The molecule has 0 amide bonds. The lowest BCUT2D eigenvalue weighted by molar-refractivity contribution is 0.398. The number of pyridine rings is 1. The predicted octanol–water partition coefficient (Wildman–Crippen LogP) is 7.50. The number of methoxy groups -OCH3 is 1. The molecule has 1 N–H and O–H groups in total. The normalized spacial score (nSPS) is 12.0. The van der Waals surface area contributed by atoms with E-state index in [1.165, 1.54) is 10.1 Å². The quantitative estimate of drug-likeness (QED) is 0.245. The summed E-state index contributed by atoms with van der Waals surface area (Å²) in [6.45, 7) is 13.9. The number of ether oxygens (including phenoxy) is 1. The van der Waals surface area contributed by atoms with Crippen LogP contribution in [0.25, 0.3) is 39.7 Å². The second kappa shape index (κ2) is 11.8. The summed E-state index contributed by atoms with van der Waals surface area (Å²) in [6, 6.07) is 9.76. The highest BCUT2D eigenvalue weighted by Gasteiger charge is 2.22. The standard InChI is InChI=1S/C33H34N4O2/c1-8-11-24(12-9-2)30-31(27-17-18-28(39-7)34-20-27)36-37-32(30)35-23(6)29(33(37)38)26-16-15-22(5)25(19-26)14-10-13-21(3)4/h8-20,36H,1H2,2-7H3/b12-9-,14-10-,24-11+. The third kappa shape index (κ3) is 5.60. The van der Waals surface area contributed by atoms with Gasteiger partial charge in [-0.1, -0.05) is 66.8 Å². The Bertz CT molecular complexity index is 1710. The second-order valence-electron chi connectivity index (χ2n) is 9.52. The van der Waals surface area contributed by atoms with E-state index in [9.17, 15) is 4.79 Å². The summed E-state index contributed by atoms with van der Waals surface area (Å²) in [6.07, 6.45) is 15.4. The zero-order valence-electron chi connectivity index (χ0n) is 23.4. The average molecular weight is 519 g/mol. The number of benzene rings is 1. The summed E-state index contributed by atoms with van der Waals surface area (Å²) >= 11 is 0. The number of aryl methyl sites for hydroxylation is 2. The summed E-state index contributed by atoms with van der Waals surface area (Å²) in [5.74, 6) is 0.508. The third-order valence-electron chi connectivity index (χ3n) is 6.40. The van der Waals surface area contributed by atoms with Crippen LogP contribution in [0.15, 0.2) is 89.9 Å². The van der Waals surface area contributed by atoms with Gasteiger partial charge < -0.3 is 4.74 Å². The van der Waals surface area contributed by atoms with Crippen molar-refractivity contribution in [2.75, 3.05) is 7.11 Å². The summed E-state index contributed by atoms with van der Waals surface area (Å²) in [4.78, 5) is 23.4. The van der Waals surface area contributed by atoms with Crippen molar-refractivity contribution < 1.29 is 4.74 Å². The number of rotatable bonds is 8. The second-order valence-corrected chi connectivity index (χ2v) is 9.52. The molecule has 0 fully saturated rings. The first-order valence-corrected chi connectivity index (χ1v) is 12.8. The van der Waals surface area contributed by atoms with Gasteiger partial charge in [0.15, 0.2) is 5.65 Å². The summed E-state index contributed by atoms with van der Waals surface area (Å²) < 4.78 is 6.76. The minimum Gasteiger partial charge on any atom is -0.481 e. The molecule has 6 heteroatoms. The van der Waals surface area contributed by atoms with E-state index in [0.717, 1.165) is 39.1 Å². The Morgan fingerprint density at radius 2 is 1.87 bits per heavy atom. The molecule has 198 valence electrons. The Labute approximate surface area is 229 Å². The first kappa shape index (κ1) is 27.3. The lowest BCUT2D eigenvalue weighted by atomic mass is 9.98. The lowest BCUT2D eigenvalue weighted by Gasteiger charge is -2.09.